The Morgan fingerprint density at radius 2 is 2.28 bits per heavy atom. The number of aliphatic hydroxyl groups excluding tert-OH is 1. The van der Waals surface area contributed by atoms with E-state index in [-0.39, 0.29) is 6.54 Å². The molecule has 3 N–H and O–H groups in total. The van der Waals surface area contributed by atoms with Crippen LogP contribution in [0.1, 0.15) is 26.3 Å². The van der Waals surface area contributed by atoms with Gasteiger partial charge in [0.05, 0.1) is 24.0 Å². The van der Waals surface area contributed by atoms with Crippen LogP contribution in [-0.2, 0) is 4.74 Å². The van der Waals surface area contributed by atoms with Crippen molar-refractivity contribution in [3.05, 3.63) is 24.0 Å². The van der Waals surface area contributed by atoms with E-state index in [2.05, 4.69) is 10.3 Å². The molecule has 1 atom stereocenters. The van der Waals surface area contributed by atoms with Crippen molar-refractivity contribution in [3.63, 3.8) is 0 Å². The summed E-state index contributed by atoms with van der Waals surface area (Å²) in [4.78, 5) is 4.00. The fourth-order valence-electron chi connectivity index (χ4n) is 1.37. The van der Waals surface area contributed by atoms with E-state index in [1.54, 1.807) is 18.5 Å². The number of ether oxygens (including phenoxy) is 1. The van der Waals surface area contributed by atoms with Crippen LogP contribution in [0.15, 0.2) is 18.5 Å². The molecule has 18 heavy (non-hydrogen) atoms. The number of nitrogens with one attached hydrogen (secondary N) is 2. The van der Waals surface area contributed by atoms with Crippen LogP contribution in [0.4, 0.5) is 5.69 Å². The van der Waals surface area contributed by atoms with Gasteiger partial charge in [0.15, 0.2) is 6.29 Å². The predicted molar refractivity (Wildman–Crippen MR) is 80.4 cm³/mol. The highest BCUT2D eigenvalue weighted by Gasteiger charge is 2.16. The summed E-state index contributed by atoms with van der Waals surface area (Å²) in [6.07, 6.45) is 2.36. The second-order valence-electron chi connectivity index (χ2n) is 4.80. The summed E-state index contributed by atoms with van der Waals surface area (Å²) in [5.74, 6) is 0. The van der Waals surface area contributed by atoms with E-state index >= 15 is 0 Å². The van der Waals surface area contributed by atoms with Gasteiger partial charge in [0.1, 0.15) is 3.72 Å². The molecule has 0 aliphatic rings. The van der Waals surface area contributed by atoms with Crippen molar-refractivity contribution in [3.8, 4) is 0 Å². The van der Waals surface area contributed by atoms with Gasteiger partial charge in [0, 0.05) is 11.8 Å². The lowest BCUT2D eigenvalue weighted by Crippen LogP contribution is -2.32. The third-order valence-electron chi connectivity index (χ3n) is 2.01. The molecule has 0 aliphatic carbocycles. The molecule has 1 rings (SSSR count). The van der Waals surface area contributed by atoms with E-state index in [1.165, 1.54) is 0 Å². The minimum absolute atomic E-state index is 0.250. The lowest BCUT2D eigenvalue weighted by molar-refractivity contribution is -0.157. The molecule has 1 aromatic heterocycles. The zero-order valence-corrected chi connectivity index (χ0v) is 12.9. The molecule has 5 nitrogen and oxygen atoms in total. The Morgan fingerprint density at radius 3 is 2.83 bits per heavy atom. The highest BCUT2D eigenvalue weighted by Crippen LogP contribution is 2.17. The van der Waals surface area contributed by atoms with Crippen molar-refractivity contribution in [2.24, 2.45) is 0 Å². The van der Waals surface area contributed by atoms with Crippen LogP contribution < -0.4 is 5.32 Å². The quantitative estimate of drug-likeness (QED) is 0.427. The van der Waals surface area contributed by atoms with Crippen molar-refractivity contribution in [2.75, 3.05) is 11.9 Å². The van der Waals surface area contributed by atoms with Crippen LogP contribution in [0, 0.1) is 5.41 Å². The third kappa shape index (κ3) is 5.28. The molecular formula is C12H18IN3O2. The molecular weight excluding hydrogens is 345 g/mol. The largest absolute Gasteiger partial charge is 0.378 e. The Kier molecular flexibility index (Phi) is 5.48. The van der Waals surface area contributed by atoms with Crippen molar-refractivity contribution in [1.29, 1.82) is 5.41 Å². The second kappa shape index (κ2) is 6.44. The van der Waals surface area contributed by atoms with Gasteiger partial charge in [-0.25, -0.2) is 0 Å². The lowest BCUT2D eigenvalue weighted by atomic mass is 10.2. The first kappa shape index (κ1) is 15.3. The summed E-state index contributed by atoms with van der Waals surface area (Å²) >= 11 is 1.93. The normalized spacial score (nSPS) is 13.2. The highest BCUT2D eigenvalue weighted by molar-refractivity contribution is 14.1. The number of hydrogen-bond donors (Lipinski definition) is 3. The standard InChI is InChI=1S/C12H18IN3O2/c1-12(2,3)18-10(17)7-16-9-6-15-5-4-8(9)11(13)14/h4-6,10,14,16-17H,7H2,1-3H3. The van der Waals surface area contributed by atoms with Gasteiger partial charge in [-0.1, -0.05) is 0 Å². The van der Waals surface area contributed by atoms with Crippen LogP contribution in [0.3, 0.4) is 0 Å². The van der Waals surface area contributed by atoms with Gasteiger partial charge in [-0.3, -0.25) is 10.4 Å². The summed E-state index contributed by atoms with van der Waals surface area (Å²) in [5, 5.41) is 20.4. The zero-order chi connectivity index (χ0) is 13.8. The first-order valence-corrected chi connectivity index (χ1v) is 6.65. The number of aromatic nitrogens is 1. The van der Waals surface area contributed by atoms with Crippen LogP contribution in [0.25, 0.3) is 0 Å². The molecule has 0 amide bonds. The molecule has 0 spiro atoms. The maximum absolute atomic E-state index is 9.71. The first-order valence-electron chi connectivity index (χ1n) is 5.58. The van der Waals surface area contributed by atoms with Crippen LogP contribution in [0.2, 0.25) is 0 Å². The van der Waals surface area contributed by atoms with Gasteiger partial charge < -0.3 is 15.2 Å². The van der Waals surface area contributed by atoms with Gasteiger partial charge in [0.25, 0.3) is 0 Å². The van der Waals surface area contributed by atoms with Gasteiger partial charge in [-0.15, -0.1) is 0 Å². The van der Waals surface area contributed by atoms with Gasteiger partial charge in [0.2, 0.25) is 0 Å². The van der Waals surface area contributed by atoms with Gasteiger partial charge in [-0.05, 0) is 49.4 Å². The van der Waals surface area contributed by atoms with E-state index < -0.39 is 11.9 Å². The monoisotopic (exact) mass is 363 g/mol. The topological polar surface area (TPSA) is 78.2 Å². The minimum Gasteiger partial charge on any atom is -0.378 e. The molecule has 0 fully saturated rings. The average Bonchev–Trinajstić information content (AvgIpc) is 2.24. The molecule has 1 unspecified atom stereocenters. The fraction of sp³-hybridized carbons (Fsp3) is 0.500. The Balaban J connectivity index is 2.61. The minimum atomic E-state index is -0.901. The molecule has 1 aromatic rings. The number of nitrogens with zero attached hydrogens (tertiary/aromatic N) is 1. The van der Waals surface area contributed by atoms with Crippen molar-refractivity contribution in [2.45, 2.75) is 32.7 Å². The van der Waals surface area contributed by atoms with Crippen molar-refractivity contribution in [1.82, 2.24) is 4.98 Å². The predicted octanol–water partition coefficient (Wildman–Crippen LogP) is 2.39. The molecule has 0 saturated heterocycles. The molecule has 0 bridgehead atoms. The molecule has 6 heteroatoms. The number of anilines is 1. The number of pyridine rings is 1. The van der Waals surface area contributed by atoms with Crippen LogP contribution >= 0.6 is 22.6 Å². The fourth-order valence-corrected chi connectivity index (χ4v) is 1.84. The second-order valence-corrected chi connectivity index (χ2v) is 5.88. The smallest absolute Gasteiger partial charge is 0.172 e. The van der Waals surface area contributed by atoms with E-state index in [9.17, 15) is 5.11 Å². The number of hydrogen-bond acceptors (Lipinski definition) is 5. The highest BCUT2D eigenvalue weighted by atomic mass is 127. The number of rotatable bonds is 5. The van der Waals surface area contributed by atoms with E-state index in [0.29, 0.717) is 9.41 Å². The maximum atomic E-state index is 9.71. The number of halogens is 1. The SMILES string of the molecule is CC(C)(C)OC(O)CNc1cnccc1C(=N)I. The van der Waals surface area contributed by atoms with Crippen molar-refractivity contribution < 1.29 is 9.84 Å². The molecule has 0 aliphatic heterocycles. The third-order valence-corrected chi connectivity index (χ3v) is 2.60. The maximum Gasteiger partial charge on any atom is 0.172 e. The van der Waals surface area contributed by atoms with Gasteiger partial charge in [-0.2, -0.15) is 0 Å². The van der Waals surface area contributed by atoms with Gasteiger partial charge >= 0.3 is 0 Å². The molecule has 0 radical (unpaired) electrons. The summed E-state index contributed by atoms with van der Waals surface area (Å²) in [6, 6.07) is 1.76. The Morgan fingerprint density at radius 1 is 1.61 bits per heavy atom. The molecule has 1 heterocycles. The van der Waals surface area contributed by atoms with Crippen LogP contribution in [-0.4, -0.2) is 32.2 Å². The number of aliphatic hydroxyl groups is 1. The lowest BCUT2D eigenvalue weighted by Gasteiger charge is -2.24. The Bertz CT molecular complexity index is 418. The molecule has 0 saturated carbocycles. The zero-order valence-electron chi connectivity index (χ0n) is 10.7. The molecule has 0 aromatic carbocycles. The van der Waals surface area contributed by atoms with Crippen molar-refractivity contribution >= 4 is 32.0 Å². The first-order chi connectivity index (χ1) is 8.29. The summed E-state index contributed by atoms with van der Waals surface area (Å²) in [6.45, 7) is 5.89. The van der Waals surface area contributed by atoms with E-state index in [0.717, 1.165) is 5.56 Å². The summed E-state index contributed by atoms with van der Waals surface area (Å²) in [7, 11) is 0. The van der Waals surface area contributed by atoms with E-state index in [4.69, 9.17) is 10.1 Å². The average molecular weight is 363 g/mol. The summed E-state index contributed by atoms with van der Waals surface area (Å²) in [5.41, 5.74) is 1.08. The molecule has 100 valence electrons. The van der Waals surface area contributed by atoms with Crippen LogP contribution in [0.5, 0.6) is 0 Å². The van der Waals surface area contributed by atoms with E-state index in [1.807, 2.05) is 43.4 Å². The summed E-state index contributed by atoms with van der Waals surface area (Å²) < 4.78 is 5.80. The Hall–Kier alpha value is -0.730. The Labute approximate surface area is 121 Å².